The number of fused-ring (bicyclic) bond motifs is 1. The fraction of sp³-hybridized carbons (Fsp3) is 0.354. The summed E-state index contributed by atoms with van der Waals surface area (Å²) in [5.41, 5.74) is 7.86. The Bertz CT molecular complexity index is 2440. The lowest BCUT2D eigenvalue weighted by atomic mass is 9.95. The monoisotopic (exact) mass is 809 g/mol. The number of hydrogen-bond acceptors (Lipinski definition) is 7. The third-order valence-electron chi connectivity index (χ3n) is 12.1. The van der Waals surface area contributed by atoms with E-state index in [1.807, 2.05) is 80.5 Å². The van der Waals surface area contributed by atoms with E-state index in [0.717, 1.165) is 74.2 Å². The summed E-state index contributed by atoms with van der Waals surface area (Å²) >= 11 is 0. The Morgan fingerprint density at radius 3 is 2.25 bits per heavy atom. The number of ether oxygens (including phenoxy) is 1. The van der Waals surface area contributed by atoms with Gasteiger partial charge in [-0.3, -0.25) is 19.5 Å². The molecular weight excluding hydrogens is 758 g/mol. The number of benzene rings is 4. The number of carbonyl (C=O) groups excluding carboxylic acids is 3. The highest BCUT2D eigenvalue weighted by Crippen LogP contribution is 2.36. The first-order valence-electron chi connectivity index (χ1n) is 20.8. The van der Waals surface area contributed by atoms with E-state index < -0.39 is 24.3 Å². The Morgan fingerprint density at radius 2 is 1.55 bits per heavy atom. The van der Waals surface area contributed by atoms with Crippen molar-refractivity contribution < 1.29 is 23.5 Å². The standard InChI is InChI=1S/C48H52FN7O4/c1-29(2)43(53-48(59)60-5)46(57)55-21-9-12-41(55)45-51-27-40(52-45)36-20-19-34-22-33(17-18-35(34)23-36)30-13-15-31(16-14-30)37-24-39(50-26-37)42-25-38(49)28-56(42)47(58)44(54(3)4)32-10-7-6-8-11-32/h6-8,10-11,13-20,22-23,26-27,29,38,41-44H,9,12,21,24-25,28H2,1-5H3,(H,51,52)(H,53,59)/t38-,41+,42+,43+,44-/m1/s1. The van der Waals surface area contributed by atoms with Crippen molar-refractivity contribution in [2.45, 2.75) is 69.9 Å². The van der Waals surface area contributed by atoms with E-state index in [1.54, 1.807) is 4.90 Å². The molecule has 2 saturated heterocycles. The Morgan fingerprint density at radius 1 is 0.867 bits per heavy atom. The van der Waals surface area contributed by atoms with Crippen LogP contribution in [0.4, 0.5) is 9.18 Å². The molecular formula is C48H52FN7O4. The van der Waals surface area contributed by atoms with Gasteiger partial charge in [0.1, 0.15) is 24.1 Å². The molecule has 5 atom stereocenters. The zero-order valence-corrected chi connectivity index (χ0v) is 34.8. The second kappa shape index (κ2) is 17.2. The van der Waals surface area contributed by atoms with Crippen LogP contribution < -0.4 is 5.32 Å². The minimum Gasteiger partial charge on any atom is -0.453 e. The second-order valence-electron chi connectivity index (χ2n) is 16.7. The number of carbonyl (C=O) groups is 3. The number of hydrogen-bond donors (Lipinski definition) is 2. The van der Waals surface area contributed by atoms with Crippen LogP contribution in [0.2, 0.25) is 0 Å². The molecule has 0 aliphatic carbocycles. The average Bonchev–Trinajstić information content (AvgIpc) is 4.09. The van der Waals surface area contributed by atoms with Gasteiger partial charge in [-0.05, 0) is 83.6 Å². The van der Waals surface area contributed by atoms with Crippen molar-refractivity contribution in [2.75, 3.05) is 34.3 Å². The van der Waals surface area contributed by atoms with Gasteiger partial charge in [-0.2, -0.15) is 0 Å². The van der Waals surface area contributed by atoms with Crippen molar-refractivity contribution in [3.8, 4) is 22.4 Å². The molecule has 310 valence electrons. The number of nitrogens with zero attached hydrogens (tertiary/aromatic N) is 5. The predicted molar refractivity (Wildman–Crippen MR) is 233 cm³/mol. The fourth-order valence-electron chi connectivity index (χ4n) is 8.94. The minimum atomic E-state index is -1.09. The third kappa shape index (κ3) is 8.21. The summed E-state index contributed by atoms with van der Waals surface area (Å²) in [5.74, 6) is 0.382. The molecule has 0 radical (unpaired) electrons. The maximum Gasteiger partial charge on any atom is 0.407 e. The molecule has 2 fully saturated rings. The van der Waals surface area contributed by atoms with Gasteiger partial charge in [-0.25, -0.2) is 14.2 Å². The summed E-state index contributed by atoms with van der Waals surface area (Å²) in [7, 11) is 5.05. The number of aromatic nitrogens is 2. The maximum absolute atomic E-state index is 15.0. The van der Waals surface area contributed by atoms with Gasteiger partial charge in [0, 0.05) is 36.9 Å². The van der Waals surface area contributed by atoms with Crippen molar-refractivity contribution in [3.63, 3.8) is 0 Å². The lowest BCUT2D eigenvalue weighted by Gasteiger charge is -2.32. The van der Waals surface area contributed by atoms with Crippen molar-refractivity contribution in [3.05, 3.63) is 120 Å². The maximum atomic E-state index is 15.0. The number of alkyl halides is 1. The van der Waals surface area contributed by atoms with Crippen LogP contribution in [0.1, 0.15) is 68.6 Å². The van der Waals surface area contributed by atoms with Gasteiger partial charge in [0.2, 0.25) is 11.8 Å². The molecule has 5 aromatic rings. The zero-order valence-electron chi connectivity index (χ0n) is 34.8. The van der Waals surface area contributed by atoms with Crippen LogP contribution >= 0.6 is 0 Å². The van der Waals surface area contributed by atoms with Crippen LogP contribution in [0.5, 0.6) is 0 Å². The van der Waals surface area contributed by atoms with Crippen LogP contribution in [0.3, 0.4) is 0 Å². The highest BCUT2D eigenvalue weighted by Gasteiger charge is 2.42. The Hall–Kier alpha value is -6.14. The molecule has 11 nitrogen and oxygen atoms in total. The van der Waals surface area contributed by atoms with Crippen LogP contribution in [0.15, 0.2) is 108 Å². The fourth-order valence-corrected chi connectivity index (χ4v) is 8.94. The van der Waals surface area contributed by atoms with Crippen LogP contribution in [-0.4, -0.2) is 101 Å². The van der Waals surface area contributed by atoms with Gasteiger partial charge >= 0.3 is 6.09 Å². The number of nitrogens with one attached hydrogen (secondary N) is 2. The van der Waals surface area contributed by atoms with Gasteiger partial charge in [0.25, 0.3) is 0 Å². The van der Waals surface area contributed by atoms with E-state index in [4.69, 9.17) is 14.7 Å². The first-order valence-corrected chi connectivity index (χ1v) is 20.8. The number of H-pyrrole nitrogens is 1. The first kappa shape index (κ1) is 40.6. The van der Waals surface area contributed by atoms with E-state index in [9.17, 15) is 18.8 Å². The normalized spacial score (nSPS) is 20.1. The van der Waals surface area contributed by atoms with Crippen LogP contribution in [0, 0.1) is 5.92 Å². The molecule has 0 unspecified atom stereocenters. The van der Waals surface area contributed by atoms with E-state index >= 15 is 0 Å². The van der Waals surface area contributed by atoms with Crippen molar-refractivity contribution in [1.82, 2.24) is 30.0 Å². The second-order valence-corrected chi connectivity index (χ2v) is 16.7. The lowest BCUT2D eigenvalue weighted by molar-refractivity contribution is -0.136. The molecule has 0 bridgehead atoms. The van der Waals surface area contributed by atoms with Gasteiger partial charge in [-0.15, -0.1) is 0 Å². The summed E-state index contributed by atoms with van der Waals surface area (Å²) in [6.07, 6.45) is 4.43. The SMILES string of the molecule is COC(=O)N[C@H](C(=O)N1CCC[C@H]1c1ncc(-c2ccc3cc(-c4ccc(C5=CN=C([C@@H]6C[C@@H](F)CN6C(=O)[C@@H](c6ccccc6)N(C)C)C5)cc4)ccc3c2)[nH]1)C(C)C. The number of aliphatic imine (C=N–C) groups is 1. The highest BCUT2D eigenvalue weighted by molar-refractivity contribution is 6.04. The number of imidazole rings is 1. The Labute approximate surface area is 350 Å². The van der Waals surface area contributed by atoms with Crippen molar-refractivity contribution in [1.29, 1.82) is 0 Å². The number of allylic oxidation sites excluding steroid dienone is 1. The summed E-state index contributed by atoms with van der Waals surface area (Å²) in [6.45, 7) is 4.48. The molecule has 8 rings (SSSR count). The lowest BCUT2D eigenvalue weighted by Crippen LogP contribution is -2.51. The number of halogens is 1. The Balaban J connectivity index is 0.923. The number of alkyl carbamates (subject to hydrolysis) is 1. The van der Waals surface area contributed by atoms with Gasteiger partial charge in [0.05, 0.1) is 37.6 Å². The minimum absolute atomic E-state index is 0.0719. The topological polar surface area (TPSA) is 123 Å². The zero-order chi connectivity index (χ0) is 42.1. The molecule has 1 aromatic heterocycles. The van der Waals surface area contributed by atoms with E-state index in [-0.39, 0.29) is 42.8 Å². The number of aromatic amines is 1. The van der Waals surface area contributed by atoms with Crippen molar-refractivity contribution >= 4 is 40.0 Å². The average molecular weight is 810 g/mol. The summed E-state index contributed by atoms with van der Waals surface area (Å²) in [4.78, 5) is 57.9. The van der Waals surface area contributed by atoms with E-state index in [0.29, 0.717) is 13.0 Å². The predicted octanol–water partition coefficient (Wildman–Crippen LogP) is 8.37. The van der Waals surface area contributed by atoms with Crippen molar-refractivity contribution in [2.24, 2.45) is 10.9 Å². The first-order chi connectivity index (χ1) is 29.0. The third-order valence-corrected chi connectivity index (χ3v) is 12.1. The van der Waals surface area contributed by atoms with Crippen LogP contribution in [-0.2, 0) is 14.3 Å². The molecule has 2 N–H and O–H groups in total. The number of rotatable bonds is 11. The molecule has 3 aliphatic heterocycles. The molecule has 12 heteroatoms. The van der Waals surface area contributed by atoms with Gasteiger partial charge < -0.3 is 24.8 Å². The molecule has 3 aliphatic rings. The van der Waals surface area contributed by atoms with Gasteiger partial charge in [-0.1, -0.05) is 92.7 Å². The molecule has 4 heterocycles. The number of likely N-dealkylation sites (N-methyl/N-ethyl adjacent to an activating group) is 1. The largest absolute Gasteiger partial charge is 0.453 e. The molecule has 0 spiro atoms. The van der Waals surface area contributed by atoms with E-state index in [1.165, 1.54) is 7.11 Å². The summed E-state index contributed by atoms with van der Waals surface area (Å²) < 4.78 is 19.8. The Kier molecular flexibility index (Phi) is 11.7. The molecule has 3 amide bonds. The highest BCUT2D eigenvalue weighted by atomic mass is 19.1. The molecule has 0 saturated carbocycles. The summed E-state index contributed by atoms with van der Waals surface area (Å²) in [5, 5.41) is 4.90. The van der Waals surface area contributed by atoms with Crippen LogP contribution in [0.25, 0.3) is 38.7 Å². The smallest absolute Gasteiger partial charge is 0.407 e. The van der Waals surface area contributed by atoms with Gasteiger partial charge in [0.15, 0.2) is 0 Å². The number of amides is 3. The number of methoxy groups -OCH3 is 1. The summed E-state index contributed by atoms with van der Waals surface area (Å²) in [6, 6.07) is 29.1. The quantitative estimate of drug-likeness (QED) is 0.138. The number of likely N-dealkylation sites (tertiary alicyclic amines) is 2. The molecule has 60 heavy (non-hydrogen) atoms. The van der Waals surface area contributed by atoms with E-state index in [2.05, 4.69) is 71.0 Å². The molecule has 4 aromatic carbocycles.